The number of likely N-dealkylation sites (tertiary alicyclic amines) is 1. The van der Waals surface area contributed by atoms with E-state index in [2.05, 4.69) is 0 Å². The van der Waals surface area contributed by atoms with Crippen molar-refractivity contribution >= 4 is 23.6 Å². The summed E-state index contributed by atoms with van der Waals surface area (Å²) in [5.74, 6) is -0.214. The van der Waals surface area contributed by atoms with Crippen molar-refractivity contribution in [2.45, 2.75) is 37.5 Å². The number of carbonyl (C=O) groups is 2. The maximum atomic E-state index is 11.9. The number of carbonyl (C=O) groups excluding carboxylic acids is 1. The molecule has 1 heterocycles. The van der Waals surface area contributed by atoms with Crippen LogP contribution in [0.25, 0.3) is 0 Å². The van der Waals surface area contributed by atoms with Crippen LogP contribution in [0.1, 0.15) is 26.2 Å². The fourth-order valence-electron chi connectivity index (χ4n) is 1.76. The lowest BCUT2D eigenvalue weighted by Gasteiger charge is -2.20. The minimum atomic E-state index is -0.982. The van der Waals surface area contributed by atoms with Gasteiger partial charge in [-0.15, -0.1) is 11.8 Å². The quantitative estimate of drug-likeness (QED) is 0.728. The molecule has 2 atom stereocenters. The van der Waals surface area contributed by atoms with Crippen LogP contribution in [-0.2, 0) is 9.59 Å². The molecule has 1 amide bonds. The Morgan fingerprint density at radius 1 is 1.41 bits per heavy atom. The van der Waals surface area contributed by atoms with Crippen LogP contribution in [-0.4, -0.2) is 52.0 Å². The standard InChI is InChI=1S/C11H20N2O3S/c1-8(10(14)13-5-2-3-6-13)17-7-4-9(12)11(15)16/h8-9H,2-7,12H2,1H3,(H,15,16). The van der Waals surface area contributed by atoms with Crippen molar-refractivity contribution in [3.8, 4) is 0 Å². The number of thioether (sulfide) groups is 1. The summed E-state index contributed by atoms with van der Waals surface area (Å²) in [7, 11) is 0. The lowest BCUT2D eigenvalue weighted by atomic mass is 10.2. The minimum Gasteiger partial charge on any atom is -0.480 e. The molecule has 1 rings (SSSR count). The number of amides is 1. The molecule has 0 bridgehead atoms. The molecule has 0 spiro atoms. The minimum absolute atomic E-state index is 0.103. The van der Waals surface area contributed by atoms with E-state index in [1.165, 1.54) is 11.8 Å². The maximum absolute atomic E-state index is 11.9. The van der Waals surface area contributed by atoms with Crippen molar-refractivity contribution in [1.29, 1.82) is 0 Å². The van der Waals surface area contributed by atoms with Gasteiger partial charge >= 0.3 is 5.97 Å². The molecule has 0 radical (unpaired) electrons. The van der Waals surface area contributed by atoms with Crippen molar-refractivity contribution in [3.05, 3.63) is 0 Å². The maximum Gasteiger partial charge on any atom is 0.320 e. The predicted molar refractivity (Wildman–Crippen MR) is 68.0 cm³/mol. The van der Waals surface area contributed by atoms with Crippen molar-refractivity contribution < 1.29 is 14.7 Å². The normalized spacial score (nSPS) is 19.1. The second-order valence-corrected chi connectivity index (χ2v) is 5.73. The van der Waals surface area contributed by atoms with Gasteiger partial charge in [-0.25, -0.2) is 0 Å². The molecule has 0 saturated carbocycles. The number of rotatable bonds is 6. The van der Waals surface area contributed by atoms with Gasteiger partial charge in [0.05, 0.1) is 5.25 Å². The van der Waals surface area contributed by atoms with Crippen LogP contribution >= 0.6 is 11.8 Å². The lowest BCUT2D eigenvalue weighted by molar-refractivity contribution is -0.138. The monoisotopic (exact) mass is 260 g/mol. The van der Waals surface area contributed by atoms with E-state index >= 15 is 0 Å². The van der Waals surface area contributed by atoms with Crippen LogP contribution in [0.15, 0.2) is 0 Å². The average Bonchev–Trinajstić information content (AvgIpc) is 2.80. The number of nitrogens with two attached hydrogens (primary N) is 1. The second-order valence-electron chi connectivity index (χ2n) is 4.28. The highest BCUT2D eigenvalue weighted by Crippen LogP contribution is 2.18. The van der Waals surface area contributed by atoms with Crippen LogP contribution in [0.3, 0.4) is 0 Å². The molecule has 1 saturated heterocycles. The summed E-state index contributed by atoms with van der Waals surface area (Å²) < 4.78 is 0. The van der Waals surface area contributed by atoms with Crippen molar-refractivity contribution in [2.75, 3.05) is 18.8 Å². The third-order valence-corrected chi connectivity index (χ3v) is 4.05. The molecule has 1 aliphatic rings. The van der Waals surface area contributed by atoms with Crippen molar-refractivity contribution in [1.82, 2.24) is 4.90 Å². The van der Waals surface area contributed by atoms with E-state index in [-0.39, 0.29) is 11.2 Å². The summed E-state index contributed by atoms with van der Waals surface area (Å²) in [6, 6.07) is -0.823. The number of hydrogen-bond acceptors (Lipinski definition) is 4. The van der Waals surface area contributed by atoms with Crippen LogP contribution in [0, 0.1) is 0 Å². The predicted octanol–water partition coefficient (Wildman–Crippen LogP) is 0.532. The van der Waals surface area contributed by atoms with Gasteiger partial charge in [0.2, 0.25) is 5.91 Å². The molecule has 3 N–H and O–H groups in total. The van der Waals surface area contributed by atoms with Gasteiger partial charge in [-0.1, -0.05) is 0 Å². The van der Waals surface area contributed by atoms with E-state index in [1.54, 1.807) is 0 Å². The molecular weight excluding hydrogens is 240 g/mol. The molecule has 0 aromatic heterocycles. The first-order valence-electron chi connectivity index (χ1n) is 5.91. The first-order valence-corrected chi connectivity index (χ1v) is 6.96. The van der Waals surface area contributed by atoms with Gasteiger partial charge in [0.1, 0.15) is 6.04 Å². The number of nitrogens with zero attached hydrogens (tertiary/aromatic N) is 1. The van der Waals surface area contributed by atoms with Gasteiger partial charge < -0.3 is 15.7 Å². The van der Waals surface area contributed by atoms with Crippen molar-refractivity contribution in [2.24, 2.45) is 5.73 Å². The SMILES string of the molecule is CC(SCCC(N)C(=O)O)C(=O)N1CCCC1. The first kappa shape index (κ1) is 14.3. The largest absolute Gasteiger partial charge is 0.480 e. The highest BCUT2D eigenvalue weighted by Gasteiger charge is 2.23. The van der Waals surface area contributed by atoms with Gasteiger partial charge in [0.15, 0.2) is 0 Å². The summed E-state index contributed by atoms with van der Waals surface area (Å²) in [6.07, 6.45) is 2.58. The van der Waals surface area contributed by atoms with E-state index in [1.807, 2.05) is 11.8 Å². The Morgan fingerprint density at radius 2 is 2.00 bits per heavy atom. The Morgan fingerprint density at radius 3 is 2.53 bits per heavy atom. The van der Waals surface area contributed by atoms with Gasteiger partial charge in [-0.05, 0) is 31.9 Å². The molecule has 5 nitrogen and oxygen atoms in total. The van der Waals surface area contributed by atoms with Crippen molar-refractivity contribution in [3.63, 3.8) is 0 Å². The average molecular weight is 260 g/mol. The highest BCUT2D eigenvalue weighted by atomic mass is 32.2. The Balaban J connectivity index is 2.22. The number of carboxylic acids is 1. The molecule has 0 aliphatic carbocycles. The Hall–Kier alpha value is -0.750. The van der Waals surface area contributed by atoms with E-state index in [4.69, 9.17) is 10.8 Å². The highest BCUT2D eigenvalue weighted by molar-refractivity contribution is 8.00. The molecule has 1 fully saturated rings. The summed E-state index contributed by atoms with van der Waals surface area (Å²) in [5, 5.41) is 8.52. The number of hydrogen-bond donors (Lipinski definition) is 2. The molecule has 98 valence electrons. The third kappa shape index (κ3) is 4.55. The molecule has 0 aromatic carbocycles. The molecular formula is C11H20N2O3S. The van der Waals surface area contributed by atoms with Gasteiger partial charge in [0, 0.05) is 13.1 Å². The first-order chi connectivity index (χ1) is 8.02. The van der Waals surface area contributed by atoms with Crippen LogP contribution in [0.5, 0.6) is 0 Å². The number of carboxylic acid groups (broad SMARTS) is 1. The summed E-state index contributed by atoms with van der Waals surface area (Å²) in [4.78, 5) is 24.3. The van der Waals surface area contributed by atoms with Gasteiger partial charge in [-0.3, -0.25) is 9.59 Å². The second kappa shape index (κ2) is 6.86. The third-order valence-electron chi connectivity index (χ3n) is 2.88. The van der Waals surface area contributed by atoms with E-state index in [0.717, 1.165) is 25.9 Å². The Kier molecular flexibility index (Phi) is 5.77. The van der Waals surface area contributed by atoms with Gasteiger partial charge in [0.25, 0.3) is 0 Å². The Bertz CT molecular complexity index is 280. The molecule has 17 heavy (non-hydrogen) atoms. The van der Waals surface area contributed by atoms with Gasteiger partial charge in [-0.2, -0.15) is 0 Å². The summed E-state index contributed by atoms with van der Waals surface area (Å²) in [6.45, 7) is 3.59. The van der Waals surface area contributed by atoms with E-state index < -0.39 is 12.0 Å². The zero-order valence-corrected chi connectivity index (χ0v) is 10.9. The topological polar surface area (TPSA) is 83.6 Å². The zero-order chi connectivity index (χ0) is 12.8. The summed E-state index contributed by atoms with van der Waals surface area (Å²) >= 11 is 1.48. The Labute approximate surface area is 106 Å². The van der Waals surface area contributed by atoms with E-state index in [9.17, 15) is 9.59 Å². The summed E-state index contributed by atoms with van der Waals surface area (Å²) in [5.41, 5.74) is 5.39. The van der Waals surface area contributed by atoms with Crippen LogP contribution < -0.4 is 5.73 Å². The fourth-order valence-corrected chi connectivity index (χ4v) is 2.80. The lowest BCUT2D eigenvalue weighted by Crippen LogP contribution is -2.35. The molecule has 6 heteroatoms. The fraction of sp³-hybridized carbons (Fsp3) is 0.818. The zero-order valence-electron chi connectivity index (χ0n) is 10.1. The van der Waals surface area contributed by atoms with Crippen LogP contribution in [0.4, 0.5) is 0 Å². The van der Waals surface area contributed by atoms with Crippen LogP contribution in [0.2, 0.25) is 0 Å². The molecule has 1 aliphatic heterocycles. The number of aliphatic carboxylic acids is 1. The smallest absolute Gasteiger partial charge is 0.320 e. The van der Waals surface area contributed by atoms with E-state index in [0.29, 0.717) is 12.2 Å². The molecule has 2 unspecified atom stereocenters. The molecule has 0 aromatic rings.